The van der Waals surface area contributed by atoms with E-state index in [0.29, 0.717) is 17.9 Å². The Hall–Kier alpha value is -1.14. The summed E-state index contributed by atoms with van der Waals surface area (Å²) in [5.41, 5.74) is 0.102. The minimum Gasteiger partial charge on any atom is -0.493 e. The Balaban J connectivity index is 2.07. The first-order chi connectivity index (χ1) is 9.30. The van der Waals surface area contributed by atoms with Gasteiger partial charge in [0.2, 0.25) is 10.0 Å². The standard InChI is InChI=1S/C14H20FNO3S/c1-11-8-12(4-5-13(11)15)19-9-14(6-2-3-7-14)10-20(16,17)18/h4-5,8H,2-3,6-7,9-10H2,1H3,(H2,16,17,18). The Labute approximate surface area is 119 Å². The van der Waals surface area contributed by atoms with Crippen LogP contribution in [0.5, 0.6) is 5.75 Å². The number of hydrogen-bond acceptors (Lipinski definition) is 3. The Bertz CT molecular complexity index is 580. The van der Waals surface area contributed by atoms with Crippen LogP contribution in [0.3, 0.4) is 0 Å². The second-order valence-electron chi connectivity index (χ2n) is 5.71. The van der Waals surface area contributed by atoms with E-state index in [9.17, 15) is 12.8 Å². The minimum absolute atomic E-state index is 0.0554. The Kier molecular flexibility index (Phi) is 4.34. The normalized spacial score (nSPS) is 18.1. The number of aryl methyl sites for hydroxylation is 1. The summed E-state index contributed by atoms with van der Waals surface area (Å²) in [4.78, 5) is 0. The van der Waals surface area contributed by atoms with Crippen molar-refractivity contribution in [3.63, 3.8) is 0 Å². The molecule has 0 bridgehead atoms. The van der Waals surface area contributed by atoms with Crippen LogP contribution in [0.4, 0.5) is 4.39 Å². The molecule has 1 aromatic carbocycles. The summed E-state index contributed by atoms with van der Waals surface area (Å²) in [6.45, 7) is 1.96. The highest BCUT2D eigenvalue weighted by Crippen LogP contribution is 2.39. The van der Waals surface area contributed by atoms with E-state index in [1.54, 1.807) is 19.1 Å². The van der Waals surface area contributed by atoms with Gasteiger partial charge in [0.1, 0.15) is 11.6 Å². The Morgan fingerprint density at radius 3 is 2.55 bits per heavy atom. The number of benzene rings is 1. The second-order valence-corrected chi connectivity index (χ2v) is 7.33. The molecule has 0 unspecified atom stereocenters. The highest BCUT2D eigenvalue weighted by atomic mass is 32.2. The number of hydrogen-bond donors (Lipinski definition) is 1. The van der Waals surface area contributed by atoms with Crippen molar-refractivity contribution in [3.8, 4) is 5.75 Å². The van der Waals surface area contributed by atoms with Crippen LogP contribution in [0.25, 0.3) is 0 Å². The van der Waals surface area contributed by atoms with Crippen molar-refractivity contribution < 1.29 is 17.5 Å². The smallest absolute Gasteiger partial charge is 0.209 e. The maximum atomic E-state index is 13.2. The molecule has 20 heavy (non-hydrogen) atoms. The van der Waals surface area contributed by atoms with Crippen LogP contribution in [-0.2, 0) is 10.0 Å². The molecular weight excluding hydrogens is 281 g/mol. The van der Waals surface area contributed by atoms with E-state index in [2.05, 4.69) is 0 Å². The lowest BCUT2D eigenvalue weighted by molar-refractivity contribution is 0.170. The van der Waals surface area contributed by atoms with Gasteiger partial charge in [0.15, 0.2) is 0 Å². The summed E-state index contributed by atoms with van der Waals surface area (Å²) in [6, 6.07) is 4.53. The van der Waals surface area contributed by atoms with Gasteiger partial charge in [0, 0.05) is 5.41 Å². The molecule has 0 radical (unpaired) electrons. The first-order valence-electron chi connectivity index (χ1n) is 6.69. The van der Waals surface area contributed by atoms with Crippen molar-refractivity contribution in [3.05, 3.63) is 29.6 Å². The van der Waals surface area contributed by atoms with Crippen LogP contribution in [0, 0.1) is 18.2 Å². The van der Waals surface area contributed by atoms with Gasteiger partial charge in [-0.2, -0.15) is 0 Å². The summed E-state index contributed by atoms with van der Waals surface area (Å²) < 4.78 is 41.6. The molecule has 4 nitrogen and oxygen atoms in total. The molecule has 6 heteroatoms. The molecule has 1 saturated carbocycles. The lowest BCUT2D eigenvalue weighted by Crippen LogP contribution is -2.36. The summed E-state index contributed by atoms with van der Waals surface area (Å²) in [5.74, 6) is 0.224. The molecule has 0 aliphatic heterocycles. The van der Waals surface area contributed by atoms with Crippen molar-refractivity contribution in [1.29, 1.82) is 0 Å². The van der Waals surface area contributed by atoms with Crippen LogP contribution < -0.4 is 9.88 Å². The fraction of sp³-hybridized carbons (Fsp3) is 0.571. The summed E-state index contributed by atoms with van der Waals surface area (Å²) in [7, 11) is -3.53. The molecule has 1 aliphatic rings. The molecule has 1 aliphatic carbocycles. The summed E-state index contributed by atoms with van der Waals surface area (Å²) in [6.07, 6.45) is 3.57. The molecule has 0 atom stereocenters. The number of rotatable bonds is 5. The second kappa shape index (κ2) is 5.69. The average molecular weight is 301 g/mol. The van der Waals surface area contributed by atoms with Crippen molar-refractivity contribution in [2.45, 2.75) is 32.6 Å². The fourth-order valence-corrected chi connectivity index (χ4v) is 4.05. The van der Waals surface area contributed by atoms with Crippen molar-refractivity contribution in [2.75, 3.05) is 12.4 Å². The number of nitrogens with two attached hydrogens (primary N) is 1. The van der Waals surface area contributed by atoms with Gasteiger partial charge < -0.3 is 4.74 Å². The Morgan fingerprint density at radius 1 is 1.35 bits per heavy atom. The zero-order chi connectivity index (χ0) is 14.8. The van der Waals surface area contributed by atoms with Crippen LogP contribution in [-0.4, -0.2) is 20.8 Å². The van der Waals surface area contributed by atoms with E-state index in [0.717, 1.165) is 25.7 Å². The highest BCUT2D eigenvalue weighted by Gasteiger charge is 2.38. The first-order valence-corrected chi connectivity index (χ1v) is 8.41. The van der Waals surface area contributed by atoms with E-state index >= 15 is 0 Å². The van der Waals surface area contributed by atoms with E-state index in [1.807, 2.05) is 0 Å². The maximum Gasteiger partial charge on any atom is 0.209 e. The van der Waals surface area contributed by atoms with Crippen LogP contribution in [0.2, 0.25) is 0 Å². The average Bonchev–Trinajstić information content (AvgIpc) is 2.77. The molecule has 0 aromatic heterocycles. The predicted molar refractivity (Wildman–Crippen MR) is 75.5 cm³/mol. The third-order valence-electron chi connectivity index (χ3n) is 3.85. The largest absolute Gasteiger partial charge is 0.493 e. The van der Waals surface area contributed by atoms with Gasteiger partial charge in [-0.15, -0.1) is 0 Å². The molecule has 0 saturated heterocycles. The van der Waals surface area contributed by atoms with E-state index < -0.39 is 15.4 Å². The molecule has 1 aromatic rings. The molecule has 1 fully saturated rings. The molecule has 2 N–H and O–H groups in total. The number of primary sulfonamides is 1. The zero-order valence-corrected chi connectivity index (χ0v) is 12.4. The van der Waals surface area contributed by atoms with Crippen molar-refractivity contribution in [1.82, 2.24) is 0 Å². The first kappa shape index (κ1) is 15.3. The van der Waals surface area contributed by atoms with Crippen LogP contribution >= 0.6 is 0 Å². The van der Waals surface area contributed by atoms with Gasteiger partial charge in [-0.3, -0.25) is 0 Å². The van der Waals surface area contributed by atoms with Gasteiger partial charge in [0.05, 0.1) is 12.4 Å². The molecule has 0 heterocycles. The third kappa shape index (κ3) is 3.93. The fourth-order valence-electron chi connectivity index (χ4n) is 2.83. The molecule has 2 rings (SSSR count). The van der Waals surface area contributed by atoms with E-state index in [1.165, 1.54) is 6.07 Å². The van der Waals surface area contributed by atoms with Gasteiger partial charge in [-0.05, 0) is 43.5 Å². The number of ether oxygens (including phenoxy) is 1. The van der Waals surface area contributed by atoms with Gasteiger partial charge in [0.25, 0.3) is 0 Å². The number of halogens is 1. The van der Waals surface area contributed by atoms with E-state index in [-0.39, 0.29) is 11.6 Å². The lowest BCUT2D eigenvalue weighted by atomic mass is 9.90. The lowest BCUT2D eigenvalue weighted by Gasteiger charge is -2.27. The van der Waals surface area contributed by atoms with Gasteiger partial charge in [-0.1, -0.05) is 12.8 Å². The van der Waals surface area contributed by atoms with E-state index in [4.69, 9.17) is 9.88 Å². The van der Waals surface area contributed by atoms with Gasteiger partial charge in [-0.25, -0.2) is 17.9 Å². The monoisotopic (exact) mass is 301 g/mol. The predicted octanol–water partition coefficient (Wildman–Crippen LogP) is 2.36. The molecule has 0 spiro atoms. The Morgan fingerprint density at radius 2 is 2.00 bits per heavy atom. The molecule has 112 valence electrons. The van der Waals surface area contributed by atoms with Gasteiger partial charge >= 0.3 is 0 Å². The molecule has 0 amide bonds. The quantitative estimate of drug-likeness (QED) is 0.907. The van der Waals surface area contributed by atoms with Crippen molar-refractivity contribution in [2.24, 2.45) is 10.6 Å². The minimum atomic E-state index is -3.53. The summed E-state index contributed by atoms with van der Waals surface area (Å²) >= 11 is 0. The van der Waals surface area contributed by atoms with Crippen LogP contribution in [0.15, 0.2) is 18.2 Å². The highest BCUT2D eigenvalue weighted by molar-refractivity contribution is 7.89. The van der Waals surface area contributed by atoms with Crippen LogP contribution in [0.1, 0.15) is 31.2 Å². The summed E-state index contributed by atoms with van der Waals surface area (Å²) in [5, 5.41) is 5.18. The third-order valence-corrected chi connectivity index (χ3v) is 4.86. The van der Waals surface area contributed by atoms with Crippen molar-refractivity contribution >= 4 is 10.0 Å². The zero-order valence-electron chi connectivity index (χ0n) is 11.6. The maximum absolute atomic E-state index is 13.2. The molecular formula is C14H20FNO3S. The topological polar surface area (TPSA) is 69.4 Å². The number of sulfonamides is 1. The SMILES string of the molecule is Cc1cc(OCC2(CS(N)(=O)=O)CCCC2)ccc1F.